The van der Waals surface area contributed by atoms with E-state index in [4.69, 9.17) is 4.74 Å². The van der Waals surface area contributed by atoms with Gasteiger partial charge in [0.1, 0.15) is 12.4 Å². The molecule has 2 aromatic carbocycles. The van der Waals surface area contributed by atoms with Crippen molar-refractivity contribution in [3.05, 3.63) is 59.4 Å². The van der Waals surface area contributed by atoms with Gasteiger partial charge >= 0.3 is 58.4 Å². The van der Waals surface area contributed by atoms with E-state index in [0.717, 1.165) is 23.3 Å². The van der Waals surface area contributed by atoms with Crippen LogP contribution in [0.2, 0.25) is 0 Å². The number of aryl methyl sites for hydroxylation is 1. The van der Waals surface area contributed by atoms with Gasteiger partial charge in [-0.2, -0.15) is 0 Å². The molecule has 0 bridgehead atoms. The zero-order chi connectivity index (χ0) is 14.8. The van der Waals surface area contributed by atoms with E-state index in [1.807, 2.05) is 31.2 Å². The summed E-state index contributed by atoms with van der Waals surface area (Å²) in [5.41, 5.74) is 0.690. The maximum Gasteiger partial charge on any atom is 1.00 e. The van der Waals surface area contributed by atoms with Gasteiger partial charge in [0.05, 0.1) is 5.82 Å². The first-order valence-corrected chi connectivity index (χ1v) is 6.04. The van der Waals surface area contributed by atoms with Gasteiger partial charge in [-0.1, -0.05) is 41.4 Å². The zero-order valence-electron chi connectivity index (χ0n) is 11.7. The topological polar surface area (TPSA) is 9.23 Å². The van der Waals surface area contributed by atoms with Gasteiger partial charge in [-0.15, -0.1) is 0 Å². The summed E-state index contributed by atoms with van der Waals surface area (Å²) in [7, 11) is 0. The summed E-state index contributed by atoms with van der Waals surface area (Å²) in [6, 6.07) is 10.1. The van der Waals surface area contributed by atoms with Crippen molar-refractivity contribution in [3.8, 4) is 5.75 Å². The molecular weight excluding hydrogens is 310 g/mol. The Morgan fingerprint density at radius 1 is 1.05 bits per heavy atom. The maximum atomic E-state index is 13.4. The van der Waals surface area contributed by atoms with Crippen LogP contribution in [-0.4, -0.2) is 6.98 Å². The molecule has 106 valence electrons. The quantitative estimate of drug-likeness (QED) is 0.597. The van der Waals surface area contributed by atoms with E-state index in [0.29, 0.717) is 6.07 Å². The van der Waals surface area contributed by atoms with Crippen LogP contribution in [0.4, 0.5) is 17.3 Å². The van der Waals surface area contributed by atoms with Crippen LogP contribution in [0.5, 0.6) is 5.75 Å². The molecule has 0 fully saturated rings. The molecule has 0 heterocycles. The SMILES string of the molecule is Cc1cccc(COc2ccc([B-](F)(F)F)c(F)c2)c1.[K+]. The van der Waals surface area contributed by atoms with Crippen LogP contribution >= 0.6 is 0 Å². The van der Waals surface area contributed by atoms with Crippen LogP contribution in [-0.2, 0) is 6.61 Å². The van der Waals surface area contributed by atoms with Crippen LogP contribution in [0.15, 0.2) is 42.5 Å². The number of hydrogen-bond acceptors (Lipinski definition) is 1. The first kappa shape index (κ1) is 18.7. The minimum Gasteiger partial charge on any atom is -0.489 e. The Morgan fingerprint density at radius 2 is 1.76 bits per heavy atom. The van der Waals surface area contributed by atoms with Crippen molar-refractivity contribution in [2.45, 2.75) is 13.5 Å². The minimum atomic E-state index is -5.34. The Labute approximate surface area is 163 Å². The summed E-state index contributed by atoms with van der Waals surface area (Å²) in [5.74, 6) is -1.23. The molecule has 0 aromatic heterocycles. The zero-order valence-corrected chi connectivity index (χ0v) is 14.9. The monoisotopic (exact) mass is 322 g/mol. The van der Waals surface area contributed by atoms with Gasteiger partial charge in [0.15, 0.2) is 0 Å². The number of halogens is 4. The summed E-state index contributed by atoms with van der Waals surface area (Å²) in [6.45, 7) is -3.24. The molecule has 0 N–H and O–H groups in total. The Bertz CT molecular complexity index is 616. The first-order chi connectivity index (χ1) is 9.36. The van der Waals surface area contributed by atoms with Crippen molar-refractivity contribution in [2.24, 2.45) is 0 Å². The van der Waals surface area contributed by atoms with Crippen LogP contribution in [0.25, 0.3) is 0 Å². The third-order valence-corrected chi connectivity index (χ3v) is 2.81. The van der Waals surface area contributed by atoms with E-state index >= 15 is 0 Å². The minimum absolute atomic E-state index is 0. The third-order valence-electron chi connectivity index (χ3n) is 2.81. The Balaban J connectivity index is 0.00000220. The molecule has 2 aromatic rings. The smallest absolute Gasteiger partial charge is 0.489 e. The standard InChI is InChI=1S/C14H12BF4O.K/c1-10-3-2-4-11(7-10)9-20-12-5-6-13(14(16)8-12)15(17,18)19;/h2-8H,9H2,1H3;/q-1;+1. The van der Waals surface area contributed by atoms with Gasteiger partial charge in [0, 0.05) is 6.07 Å². The van der Waals surface area contributed by atoms with Crippen molar-refractivity contribution in [2.75, 3.05) is 0 Å². The van der Waals surface area contributed by atoms with E-state index in [9.17, 15) is 17.3 Å². The van der Waals surface area contributed by atoms with Gasteiger partial charge in [-0.25, -0.2) is 4.39 Å². The second kappa shape index (κ2) is 7.78. The Morgan fingerprint density at radius 3 is 2.33 bits per heavy atom. The van der Waals surface area contributed by atoms with Crippen molar-refractivity contribution < 1.29 is 73.5 Å². The molecule has 0 amide bonds. The molecule has 2 rings (SSSR count). The van der Waals surface area contributed by atoms with Gasteiger partial charge in [0.2, 0.25) is 0 Å². The van der Waals surface area contributed by atoms with Crippen molar-refractivity contribution in [3.63, 3.8) is 0 Å². The van der Waals surface area contributed by atoms with Gasteiger partial charge in [0.25, 0.3) is 0 Å². The summed E-state index contributed by atoms with van der Waals surface area (Å²) in [4.78, 5) is 0. The predicted octanol–water partition coefficient (Wildman–Crippen LogP) is 0.772. The Hall–Kier alpha value is -0.339. The van der Waals surface area contributed by atoms with Gasteiger partial charge in [-0.3, -0.25) is 0 Å². The van der Waals surface area contributed by atoms with Crippen molar-refractivity contribution in [1.29, 1.82) is 0 Å². The fourth-order valence-electron chi connectivity index (χ4n) is 1.83. The van der Waals surface area contributed by atoms with E-state index in [2.05, 4.69) is 0 Å². The number of rotatable bonds is 4. The molecule has 0 aliphatic carbocycles. The summed E-state index contributed by atoms with van der Waals surface area (Å²) < 4.78 is 56.0. The molecule has 0 atom stereocenters. The van der Waals surface area contributed by atoms with E-state index in [-0.39, 0.29) is 63.7 Å². The van der Waals surface area contributed by atoms with Crippen LogP contribution in [0, 0.1) is 12.7 Å². The molecule has 21 heavy (non-hydrogen) atoms. The van der Waals surface area contributed by atoms with Gasteiger partial charge < -0.3 is 17.7 Å². The molecule has 7 heteroatoms. The number of benzene rings is 2. The summed E-state index contributed by atoms with van der Waals surface area (Å²) in [6.07, 6.45) is 0. The average molecular weight is 322 g/mol. The third kappa shape index (κ3) is 5.41. The second-order valence-corrected chi connectivity index (χ2v) is 4.54. The van der Waals surface area contributed by atoms with Crippen LogP contribution < -0.4 is 61.6 Å². The van der Waals surface area contributed by atoms with Crippen LogP contribution in [0.3, 0.4) is 0 Å². The second-order valence-electron chi connectivity index (χ2n) is 4.54. The molecule has 0 saturated carbocycles. The molecule has 0 radical (unpaired) electrons. The molecule has 0 aliphatic rings. The molecular formula is C14H12BF4KO. The molecule has 0 spiro atoms. The van der Waals surface area contributed by atoms with E-state index in [1.165, 1.54) is 0 Å². The fourth-order valence-corrected chi connectivity index (χ4v) is 1.83. The summed E-state index contributed by atoms with van der Waals surface area (Å²) in [5, 5.41) is 0. The van der Waals surface area contributed by atoms with E-state index in [1.54, 1.807) is 0 Å². The molecule has 0 aliphatic heterocycles. The number of hydrogen-bond donors (Lipinski definition) is 0. The molecule has 1 nitrogen and oxygen atoms in total. The molecule has 0 saturated heterocycles. The van der Waals surface area contributed by atoms with Crippen LogP contribution in [0.1, 0.15) is 11.1 Å². The molecule has 0 unspecified atom stereocenters. The maximum absolute atomic E-state index is 13.4. The fraction of sp³-hybridized carbons (Fsp3) is 0.143. The van der Waals surface area contributed by atoms with Crippen molar-refractivity contribution >= 4 is 12.4 Å². The first-order valence-electron chi connectivity index (χ1n) is 6.04. The average Bonchev–Trinajstić information content (AvgIpc) is 2.35. The predicted molar refractivity (Wildman–Crippen MR) is 70.6 cm³/mol. The van der Waals surface area contributed by atoms with E-state index < -0.39 is 18.3 Å². The van der Waals surface area contributed by atoms with Crippen molar-refractivity contribution in [1.82, 2.24) is 0 Å². The normalized spacial score (nSPS) is 10.9. The Kier molecular flexibility index (Phi) is 6.93. The van der Waals surface area contributed by atoms with Gasteiger partial charge in [-0.05, 0) is 18.6 Å². The summed E-state index contributed by atoms with van der Waals surface area (Å²) >= 11 is 0. The number of ether oxygens (including phenoxy) is 1. The largest absolute Gasteiger partial charge is 1.00 e.